The summed E-state index contributed by atoms with van der Waals surface area (Å²) in [5, 5.41) is 12.1. The van der Waals surface area contributed by atoms with Crippen molar-refractivity contribution < 1.29 is 23.4 Å². The van der Waals surface area contributed by atoms with Crippen LogP contribution in [0.3, 0.4) is 0 Å². The largest absolute Gasteiger partial charge is 0.386 e. The molecule has 6 heteroatoms. The lowest BCUT2D eigenvalue weighted by Crippen LogP contribution is -2.43. The molecule has 1 unspecified atom stereocenters. The summed E-state index contributed by atoms with van der Waals surface area (Å²) >= 11 is 0. The van der Waals surface area contributed by atoms with Gasteiger partial charge in [0, 0.05) is 19.2 Å². The molecule has 0 saturated carbocycles. The van der Waals surface area contributed by atoms with E-state index in [1.54, 1.807) is 0 Å². The number of hydrogen-bond acceptors (Lipinski definition) is 3. The number of ether oxygens (including phenoxy) is 1. The number of benzene rings is 1. The molecule has 1 rings (SSSR count). The Labute approximate surface area is 104 Å². The third kappa shape index (κ3) is 4.05. The van der Waals surface area contributed by atoms with E-state index in [9.17, 15) is 18.7 Å². The first kappa shape index (κ1) is 14.5. The predicted octanol–water partition coefficient (Wildman–Crippen LogP) is 1.09. The van der Waals surface area contributed by atoms with Gasteiger partial charge in [-0.15, -0.1) is 0 Å². The van der Waals surface area contributed by atoms with Crippen LogP contribution in [-0.2, 0) is 4.74 Å². The minimum atomic E-state index is -1.22. The molecule has 0 heterocycles. The van der Waals surface area contributed by atoms with E-state index in [4.69, 9.17) is 4.74 Å². The molecule has 0 aliphatic heterocycles. The third-order valence-electron chi connectivity index (χ3n) is 2.27. The number of amides is 1. The van der Waals surface area contributed by atoms with Crippen molar-refractivity contribution >= 4 is 5.91 Å². The average Bonchev–Trinajstić information content (AvgIpc) is 2.30. The van der Waals surface area contributed by atoms with Gasteiger partial charge in [-0.05, 0) is 25.1 Å². The molecule has 0 bridgehead atoms. The Balaban J connectivity index is 2.63. The van der Waals surface area contributed by atoms with Crippen molar-refractivity contribution in [3.8, 4) is 0 Å². The summed E-state index contributed by atoms with van der Waals surface area (Å²) < 4.78 is 30.4. The highest BCUT2D eigenvalue weighted by Gasteiger charge is 2.21. The maximum atomic E-state index is 12.9. The van der Waals surface area contributed by atoms with Crippen molar-refractivity contribution in [2.75, 3.05) is 20.3 Å². The van der Waals surface area contributed by atoms with Crippen molar-refractivity contribution in [3.05, 3.63) is 35.4 Å². The second-order valence-electron chi connectivity index (χ2n) is 4.24. The fraction of sp³-hybridized carbons (Fsp3) is 0.417. The first-order valence-corrected chi connectivity index (χ1v) is 5.30. The van der Waals surface area contributed by atoms with Gasteiger partial charge in [0.25, 0.3) is 5.91 Å². The third-order valence-corrected chi connectivity index (χ3v) is 2.27. The summed E-state index contributed by atoms with van der Waals surface area (Å²) in [4.78, 5) is 11.6. The van der Waals surface area contributed by atoms with Gasteiger partial charge in [0.05, 0.1) is 6.61 Å². The van der Waals surface area contributed by atoms with E-state index in [2.05, 4.69) is 5.32 Å². The van der Waals surface area contributed by atoms with Crippen molar-refractivity contribution in [3.63, 3.8) is 0 Å². The molecule has 1 atom stereocenters. The highest BCUT2D eigenvalue weighted by Crippen LogP contribution is 2.09. The topological polar surface area (TPSA) is 58.6 Å². The highest BCUT2D eigenvalue weighted by atomic mass is 19.2. The van der Waals surface area contributed by atoms with Crippen LogP contribution in [0.5, 0.6) is 0 Å². The average molecular weight is 259 g/mol. The lowest BCUT2D eigenvalue weighted by Gasteiger charge is -2.22. The van der Waals surface area contributed by atoms with Gasteiger partial charge in [-0.2, -0.15) is 0 Å². The lowest BCUT2D eigenvalue weighted by molar-refractivity contribution is -0.0147. The number of halogens is 2. The van der Waals surface area contributed by atoms with Gasteiger partial charge in [-0.25, -0.2) is 8.78 Å². The number of rotatable bonds is 5. The summed E-state index contributed by atoms with van der Waals surface area (Å²) in [6.45, 7) is 1.48. The number of nitrogens with one attached hydrogen (secondary N) is 1. The van der Waals surface area contributed by atoms with Crippen molar-refractivity contribution in [1.29, 1.82) is 0 Å². The molecule has 0 fully saturated rings. The Kier molecular flexibility index (Phi) is 4.75. The Morgan fingerprint density at radius 3 is 2.67 bits per heavy atom. The monoisotopic (exact) mass is 259 g/mol. The molecule has 0 aromatic heterocycles. The Bertz CT molecular complexity index is 435. The number of methoxy groups -OCH3 is 1. The van der Waals surface area contributed by atoms with E-state index >= 15 is 0 Å². The predicted molar refractivity (Wildman–Crippen MR) is 61.2 cm³/mol. The highest BCUT2D eigenvalue weighted by molar-refractivity contribution is 5.94. The number of carbonyl (C=O) groups excluding carboxylic acids is 1. The van der Waals surface area contributed by atoms with Gasteiger partial charge in [0.1, 0.15) is 5.60 Å². The smallest absolute Gasteiger partial charge is 0.251 e. The molecular formula is C12H15F2NO3. The first-order chi connectivity index (χ1) is 8.35. The summed E-state index contributed by atoms with van der Waals surface area (Å²) in [5.74, 6) is -2.70. The van der Waals surface area contributed by atoms with Crippen LogP contribution in [-0.4, -0.2) is 36.9 Å². The van der Waals surface area contributed by atoms with E-state index in [1.807, 2.05) is 0 Å². The fourth-order valence-electron chi connectivity index (χ4n) is 1.37. The summed E-state index contributed by atoms with van der Waals surface area (Å²) in [6, 6.07) is 2.84. The van der Waals surface area contributed by atoms with Gasteiger partial charge < -0.3 is 15.2 Å². The van der Waals surface area contributed by atoms with Crippen LogP contribution in [0.1, 0.15) is 17.3 Å². The molecule has 1 aromatic carbocycles. The van der Waals surface area contributed by atoms with E-state index in [-0.39, 0.29) is 18.7 Å². The van der Waals surface area contributed by atoms with Crippen LogP contribution in [0.2, 0.25) is 0 Å². The van der Waals surface area contributed by atoms with Gasteiger partial charge in [0.2, 0.25) is 0 Å². The second-order valence-corrected chi connectivity index (χ2v) is 4.24. The maximum absolute atomic E-state index is 12.9. The number of aliphatic hydroxyl groups is 1. The molecule has 0 aliphatic rings. The summed E-state index contributed by atoms with van der Waals surface area (Å²) in [6.07, 6.45) is 0. The van der Waals surface area contributed by atoms with Gasteiger partial charge in [-0.3, -0.25) is 4.79 Å². The first-order valence-electron chi connectivity index (χ1n) is 5.30. The number of carbonyl (C=O) groups is 1. The minimum Gasteiger partial charge on any atom is -0.386 e. The van der Waals surface area contributed by atoms with Crippen molar-refractivity contribution in [1.82, 2.24) is 5.32 Å². The quantitative estimate of drug-likeness (QED) is 0.832. The normalized spacial score (nSPS) is 14.1. The zero-order valence-corrected chi connectivity index (χ0v) is 10.2. The summed E-state index contributed by atoms with van der Waals surface area (Å²) in [7, 11) is 1.42. The van der Waals surface area contributed by atoms with E-state index < -0.39 is 23.1 Å². The molecule has 0 saturated heterocycles. The van der Waals surface area contributed by atoms with Gasteiger partial charge in [0.15, 0.2) is 11.6 Å². The Morgan fingerprint density at radius 2 is 2.11 bits per heavy atom. The fourth-order valence-corrected chi connectivity index (χ4v) is 1.37. The SMILES string of the molecule is COCC(C)(O)CNC(=O)c1ccc(F)c(F)c1. The van der Waals surface area contributed by atoms with Crippen molar-refractivity contribution in [2.45, 2.75) is 12.5 Å². The zero-order valence-electron chi connectivity index (χ0n) is 10.2. The zero-order chi connectivity index (χ0) is 13.8. The molecule has 0 spiro atoms. The molecular weight excluding hydrogens is 244 g/mol. The van der Waals surface area contributed by atoms with E-state index in [0.29, 0.717) is 0 Å². The van der Waals surface area contributed by atoms with E-state index in [1.165, 1.54) is 20.1 Å². The molecule has 18 heavy (non-hydrogen) atoms. The molecule has 0 radical (unpaired) electrons. The van der Waals surface area contributed by atoms with Gasteiger partial charge >= 0.3 is 0 Å². The van der Waals surface area contributed by atoms with Crippen LogP contribution in [0.25, 0.3) is 0 Å². The summed E-state index contributed by atoms with van der Waals surface area (Å²) in [5.41, 5.74) is -1.23. The molecule has 2 N–H and O–H groups in total. The molecule has 0 aliphatic carbocycles. The lowest BCUT2D eigenvalue weighted by atomic mass is 10.1. The van der Waals surface area contributed by atoms with Crippen LogP contribution in [0.4, 0.5) is 8.78 Å². The molecule has 1 amide bonds. The molecule has 100 valence electrons. The van der Waals surface area contributed by atoms with Gasteiger partial charge in [-0.1, -0.05) is 0 Å². The van der Waals surface area contributed by atoms with Crippen LogP contribution in [0, 0.1) is 11.6 Å². The van der Waals surface area contributed by atoms with Crippen LogP contribution >= 0.6 is 0 Å². The second kappa shape index (κ2) is 5.88. The van der Waals surface area contributed by atoms with E-state index in [0.717, 1.165) is 12.1 Å². The molecule has 1 aromatic rings. The van der Waals surface area contributed by atoms with Crippen LogP contribution in [0.15, 0.2) is 18.2 Å². The maximum Gasteiger partial charge on any atom is 0.251 e. The Hall–Kier alpha value is -1.53. The van der Waals surface area contributed by atoms with Crippen molar-refractivity contribution in [2.24, 2.45) is 0 Å². The minimum absolute atomic E-state index is 0.0119. The van der Waals surface area contributed by atoms with Crippen LogP contribution < -0.4 is 5.32 Å². The Morgan fingerprint density at radius 1 is 1.44 bits per heavy atom. The molecule has 4 nitrogen and oxygen atoms in total. The standard InChI is InChI=1S/C12H15F2NO3/c1-12(17,7-18-2)6-15-11(16)8-3-4-9(13)10(14)5-8/h3-5,17H,6-7H2,1-2H3,(H,15,16). The number of hydrogen-bond donors (Lipinski definition) is 2.